The lowest BCUT2D eigenvalue weighted by atomic mass is 10.1. The zero-order valence-corrected chi connectivity index (χ0v) is 13.1. The summed E-state index contributed by atoms with van der Waals surface area (Å²) in [5, 5.41) is 12.5. The second kappa shape index (κ2) is 5.83. The molecule has 124 valence electrons. The number of nitrogens with zero attached hydrogens (tertiary/aromatic N) is 3. The Kier molecular flexibility index (Phi) is 3.65. The standard InChI is InChI=1S/C17H17N3O4/c21-17(11-1-2-11)16-10-19(7-8-24-16)14-3-4-15(20(22)23)13-9-18-6-5-12(13)14/h3-6,9,11,16H,1-2,7-8,10H2/t16-/m0/s1. The van der Waals surface area contributed by atoms with Gasteiger partial charge in [-0.3, -0.25) is 19.9 Å². The van der Waals surface area contributed by atoms with Crippen molar-refractivity contribution in [2.24, 2.45) is 5.92 Å². The number of nitro groups is 1. The molecule has 1 atom stereocenters. The minimum atomic E-state index is -0.404. The van der Waals surface area contributed by atoms with E-state index in [-0.39, 0.29) is 17.4 Å². The molecule has 0 unspecified atom stereocenters. The van der Waals surface area contributed by atoms with E-state index in [1.165, 1.54) is 12.3 Å². The lowest BCUT2D eigenvalue weighted by molar-refractivity contribution is -0.383. The van der Waals surface area contributed by atoms with Crippen molar-refractivity contribution in [1.82, 2.24) is 4.98 Å². The normalized spacial score (nSPS) is 21.0. The maximum Gasteiger partial charge on any atom is 0.278 e. The van der Waals surface area contributed by atoms with Crippen LogP contribution in [0.5, 0.6) is 0 Å². The number of ketones is 1. The quantitative estimate of drug-likeness (QED) is 0.633. The number of pyridine rings is 1. The number of hydrogen-bond donors (Lipinski definition) is 0. The second-order valence-electron chi connectivity index (χ2n) is 6.26. The first-order valence-corrected chi connectivity index (χ1v) is 8.06. The Morgan fingerprint density at radius 3 is 2.88 bits per heavy atom. The van der Waals surface area contributed by atoms with Gasteiger partial charge in [-0.25, -0.2) is 0 Å². The molecular weight excluding hydrogens is 310 g/mol. The fourth-order valence-electron chi connectivity index (χ4n) is 3.27. The van der Waals surface area contributed by atoms with Gasteiger partial charge in [-0.2, -0.15) is 0 Å². The Hall–Kier alpha value is -2.54. The Morgan fingerprint density at radius 2 is 2.12 bits per heavy atom. The van der Waals surface area contributed by atoms with Crippen molar-refractivity contribution in [3.8, 4) is 0 Å². The van der Waals surface area contributed by atoms with Crippen LogP contribution in [-0.4, -0.2) is 41.5 Å². The third-order valence-corrected chi connectivity index (χ3v) is 4.67. The van der Waals surface area contributed by atoms with E-state index in [9.17, 15) is 14.9 Å². The molecule has 0 radical (unpaired) electrons. The monoisotopic (exact) mass is 327 g/mol. The zero-order chi connectivity index (χ0) is 16.7. The molecule has 2 fully saturated rings. The Morgan fingerprint density at radius 1 is 1.29 bits per heavy atom. The minimum absolute atomic E-state index is 0.0423. The van der Waals surface area contributed by atoms with Gasteiger partial charge in [-0.05, 0) is 25.0 Å². The van der Waals surface area contributed by atoms with E-state index in [0.29, 0.717) is 25.1 Å². The lowest BCUT2D eigenvalue weighted by Crippen LogP contribution is -2.46. The highest BCUT2D eigenvalue weighted by atomic mass is 16.6. The number of nitro benzene ring substituents is 1. The summed E-state index contributed by atoms with van der Waals surface area (Å²) in [7, 11) is 0. The van der Waals surface area contributed by atoms with Crippen LogP contribution >= 0.6 is 0 Å². The van der Waals surface area contributed by atoms with Crippen molar-refractivity contribution in [2.45, 2.75) is 18.9 Å². The molecule has 2 aromatic rings. The first-order valence-electron chi connectivity index (χ1n) is 8.06. The summed E-state index contributed by atoms with van der Waals surface area (Å²) in [5.74, 6) is 0.348. The second-order valence-corrected chi connectivity index (χ2v) is 6.26. The van der Waals surface area contributed by atoms with Gasteiger partial charge >= 0.3 is 0 Å². The van der Waals surface area contributed by atoms with Crippen molar-refractivity contribution in [3.63, 3.8) is 0 Å². The number of rotatable bonds is 4. The molecule has 1 aromatic carbocycles. The molecule has 0 amide bonds. The van der Waals surface area contributed by atoms with Crippen LogP contribution in [0.15, 0.2) is 30.6 Å². The third kappa shape index (κ3) is 2.60. The topological polar surface area (TPSA) is 85.6 Å². The molecule has 1 aliphatic heterocycles. The van der Waals surface area contributed by atoms with E-state index >= 15 is 0 Å². The highest BCUT2D eigenvalue weighted by Gasteiger charge is 2.37. The van der Waals surface area contributed by atoms with Crippen molar-refractivity contribution in [1.29, 1.82) is 0 Å². The average molecular weight is 327 g/mol. The molecule has 1 aromatic heterocycles. The molecule has 2 heterocycles. The lowest BCUT2D eigenvalue weighted by Gasteiger charge is -2.34. The molecule has 2 aliphatic rings. The van der Waals surface area contributed by atoms with E-state index in [1.54, 1.807) is 18.3 Å². The van der Waals surface area contributed by atoms with Gasteiger partial charge < -0.3 is 9.64 Å². The number of anilines is 1. The molecule has 1 saturated heterocycles. The van der Waals surface area contributed by atoms with E-state index < -0.39 is 11.0 Å². The van der Waals surface area contributed by atoms with Gasteiger partial charge in [-0.1, -0.05) is 0 Å². The number of carbonyl (C=O) groups excluding carboxylic acids is 1. The molecular formula is C17H17N3O4. The van der Waals surface area contributed by atoms with Gasteiger partial charge in [-0.15, -0.1) is 0 Å². The number of carbonyl (C=O) groups is 1. The van der Waals surface area contributed by atoms with Gasteiger partial charge in [0.15, 0.2) is 5.78 Å². The summed E-state index contributed by atoms with van der Waals surface area (Å²) in [6.45, 7) is 1.63. The predicted octanol–water partition coefficient (Wildman–Crippen LogP) is 2.33. The zero-order valence-electron chi connectivity index (χ0n) is 13.1. The highest BCUT2D eigenvalue weighted by Crippen LogP contribution is 2.35. The number of aromatic nitrogens is 1. The summed E-state index contributed by atoms with van der Waals surface area (Å²) in [6, 6.07) is 5.04. The van der Waals surface area contributed by atoms with Gasteiger partial charge in [0, 0.05) is 42.0 Å². The van der Waals surface area contributed by atoms with Crippen LogP contribution in [0.2, 0.25) is 0 Å². The van der Waals surface area contributed by atoms with Crippen LogP contribution in [0.25, 0.3) is 10.8 Å². The SMILES string of the molecule is O=C(C1CC1)[C@@H]1CN(c2ccc([N+](=O)[O-])c3cnccc23)CCO1. The summed E-state index contributed by atoms with van der Waals surface area (Å²) in [5.41, 5.74) is 0.926. The molecule has 0 N–H and O–H groups in total. The highest BCUT2D eigenvalue weighted by molar-refractivity contribution is 5.99. The van der Waals surface area contributed by atoms with E-state index in [4.69, 9.17) is 4.74 Å². The fraction of sp³-hybridized carbons (Fsp3) is 0.412. The summed E-state index contributed by atoms with van der Waals surface area (Å²) in [6.07, 6.45) is 4.67. The Balaban J connectivity index is 1.69. The summed E-state index contributed by atoms with van der Waals surface area (Å²) < 4.78 is 5.66. The van der Waals surface area contributed by atoms with Gasteiger partial charge in [0.1, 0.15) is 6.10 Å². The van der Waals surface area contributed by atoms with E-state index in [2.05, 4.69) is 9.88 Å². The van der Waals surface area contributed by atoms with Gasteiger partial charge in [0.05, 0.1) is 23.5 Å². The number of Topliss-reactive ketones (excluding diaryl/α,β-unsaturated/α-hetero) is 1. The molecule has 24 heavy (non-hydrogen) atoms. The average Bonchev–Trinajstić information content (AvgIpc) is 3.45. The maximum absolute atomic E-state index is 12.3. The van der Waals surface area contributed by atoms with Crippen molar-refractivity contribution in [2.75, 3.05) is 24.6 Å². The molecule has 0 spiro atoms. The number of morpholine rings is 1. The van der Waals surface area contributed by atoms with Crippen LogP contribution in [0.1, 0.15) is 12.8 Å². The summed E-state index contributed by atoms with van der Waals surface area (Å²) >= 11 is 0. The summed E-state index contributed by atoms with van der Waals surface area (Å²) in [4.78, 5) is 29.2. The maximum atomic E-state index is 12.3. The predicted molar refractivity (Wildman–Crippen MR) is 88.1 cm³/mol. The number of hydrogen-bond acceptors (Lipinski definition) is 6. The molecule has 7 heteroatoms. The minimum Gasteiger partial charge on any atom is -0.367 e. The fourth-order valence-corrected chi connectivity index (χ4v) is 3.27. The molecule has 1 saturated carbocycles. The van der Waals surface area contributed by atoms with E-state index in [1.807, 2.05) is 0 Å². The number of benzene rings is 1. The number of fused-ring (bicyclic) bond motifs is 1. The molecule has 0 bridgehead atoms. The first kappa shape index (κ1) is 15.0. The first-order chi connectivity index (χ1) is 11.6. The van der Waals surface area contributed by atoms with Gasteiger partial charge in [0.2, 0.25) is 0 Å². The third-order valence-electron chi connectivity index (χ3n) is 4.67. The van der Waals surface area contributed by atoms with Crippen LogP contribution in [0.4, 0.5) is 11.4 Å². The smallest absolute Gasteiger partial charge is 0.278 e. The Labute approximate surface area is 138 Å². The van der Waals surface area contributed by atoms with Crippen LogP contribution in [-0.2, 0) is 9.53 Å². The van der Waals surface area contributed by atoms with Gasteiger partial charge in [0.25, 0.3) is 5.69 Å². The van der Waals surface area contributed by atoms with E-state index in [0.717, 1.165) is 23.9 Å². The van der Waals surface area contributed by atoms with Crippen LogP contribution in [0.3, 0.4) is 0 Å². The Bertz CT molecular complexity index is 819. The number of non-ortho nitro benzene ring substituents is 1. The molecule has 1 aliphatic carbocycles. The van der Waals surface area contributed by atoms with Crippen molar-refractivity contribution >= 4 is 27.9 Å². The number of ether oxygens (including phenoxy) is 1. The van der Waals surface area contributed by atoms with Crippen molar-refractivity contribution in [3.05, 3.63) is 40.7 Å². The molecule has 7 nitrogen and oxygen atoms in total. The molecule has 4 rings (SSSR count). The largest absolute Gasteiger partial charge is 0.367 e. The van der Waals surface area contributed by atoms with Crippen LogP contribution in [0, 0.1) is 16.0 Å². The van der Waals surface area contributed by atoms with Crippen molar-refractivity contribution < 1.29 is 14.5 Å². The van der Waals surface area contributed by atoms with Crippen LogP contribution < -0.4 is 4.90 Å².